The van der Waals surface area contributed by atoms with Crippen LogP contribution in [0.2, 0.25) is 0 Å². The molecule has 0 fully saturated rings. The maximum atomic E-state index is 4.69. The molecule has 22 heavy (non-hydrogen) atoms. The van der Waals surface area contributed by atoms with Crippen LogP contribution in [-0.4, -0.2) is 30.1 Å². The third-order valence-corrected chi connectivity index (χ3v) is 3.69. The van der Waals surface area contributed by atoms with E-state index in [0.717, 1.165) is 31.4 Å². The van der Waals surface area contributed by atoms with E-state index in [-0.39, 0.29) is 0 Å². The number of pyridine rings is 1. The number of nitrogens with one attached hydrogen (secondary N) is 2. The van der Waals surface area contributed by atoms with Gasteiger partial charge in [0.1, 0.15) is 0 Å². The number of hydrogen-bond acceptors (Lipinski definition) is 2. The topological polar surface area (TPSA) is 49.3 Å². The summed E-state index contributed by atoms with van der Waals surface area (Å²) in [6, 6.07) is 2.53. The zero-order chi connectivity index (χ0) is 16.4. The van der Waals surface area contributed by atoms with E-state index in [1.165, 1.54) is 24.0 Å². The smallest absolute Gasteiger partial charge is 0.191 e. The number of rotatable bonds is 8. The van der Waals surface area contributed by atoms with Crippen molar-refractivity contribution in [3.8, 4) is 0 Å². The van der Waals surface area contributed by atoms with Gasteiger partial charge in [-0.15, -0.1) is 0 Å². The van der Waals surface area contributed by atoms with Gasteiger partial charge in [0, 0.05) is 31.5 Å². The van der Waals surface area contributed by atoms with Gasteiger partial charge in [0.2, 0.25) is 0 Å². The summed E-state index contributed by atoms with van der Waals surface area (Å²) >= 11 is 0. The van der Waals surface area contributed by atoms with Gasteiger partial charge in [0.05, 0.1) is 0 Å². The van der Waals surface area contributed by atoms with Crippen molar-refractivity contribution in [3.05, 3.63) is 29.6 Å². The standard InChI is InChI=1S/C18H32N4/c1-6-20-18(22-16(5)8-7-14(2)3)21-12-10-17-9-11-19-13-15(17)4/h9,11,13-14,16H,6-8,10,12H2,1-5H3,(H2,20,21,22). The van der Waals surface area contributed by atoms with Crippen molar-refractivity contribution < 1.29 is 0 Å². The Labute approximate surface area is 135 Å². The van der Waals surface area contributed by atoms with Crippen LogP contribution in [0.15, 0.2) is 23.5 Å². The van der Waals surface area contributed by atoms with Crippen LogP contribution in [0.5, 0.6) is 0 Å². The van der Waals surface area contributed by atoms with Crippen molar-refractivity contribution in [2.24, 2.45) is 10.9 Å². The van der Waals surface area contributed by atoms with Crippen molar-refractivity contribution in [2.75, 3.05) is 13.1 Å². The van der Waals surface area contributed by atoms with Crippen LogP contribution in [0.4, 0.5) is 0 Å². The molecule has 0 radical (unpaired) electrons. The predicted molar refractivity (Wildman–Crippen MR) is 95.3 cm³/mol. The average molecular weight is 304 g/mol. The monoisotopic (exact) mass is 304 g/mol. The lowest BCUT2D eigenvalue weighted by molar-refractivity contribution is 0.489. The molecule has 4 heteroatoms. The van der Waals surface area contributed by atoms with Crippen LogP contribution < -0.4 is 10.6 Å². The highest BCUT2D eigenvalue weighted by Crippen LogP contribution is 2.07. The molecular weight excluding hydrogens is 272 g/mol. The Morgan fingerprint density at radius 3 is 2.68 bits per heavy atom. The number of nitrogens with zero attached hydrogens (tertiary/aromatic N) is 2. The molecular formula is C18H32N4. The number of guanidine groups is 1. The minimum atomic E-state index is 0.447. The van der Waals surface area contributed by atoms with Crippen LogP contribution >= 0.6 is 0 Å². The van der Waals surface area contributed by atoms with Gasteiger partial charge in [-0.05, 0) is 63.1 Å². The SMILES string of the molecule is CCNC(=NCCc1ccncc1C)NC(C)CCC(C)C. The van der Waals surface area contributed by atoms with Gasteiger partial charge in [-0.3, -0.25) is 9.98 Å². The van der Waals surface area contributed by atoms with Crippen LogP contribution in [0.3, 0.4) is 0 Å². The molecule has 0 amide bonds. The van der Waals surface area contributed by atoms with E-state index in [4.69, 9.17) is 4.99 Å². The Kier molecular flexibility index (Phi) is 8.56. The molecule has 0 aliphatic heterocycles. The molecule has 0 bridgehead atoms. The van der Waals surface area contributed by atoms with Gasteiger partial charge < -0.3 is 10.6 Å². The molecule has 1 aromatic rings. The van der Waals surface area contributed by atoms with Gasteiger partial charge in [-0.1, -0.05) is 13.8 Å². The summed E-state index contributed by atoms with van der Waals surface area (Å²) in [5, 5.41) is 6.83. The van der Waals surface area contributed by atoms with E-state index in [1.54, 1.807) is 0 Å². The molecule has 4 nitrogen and oxygen atoms in total. The summed E-state index contributed by atoms with van der Waals surface area (Å²) in [7, 11) is 0. The molecule has 1 aromatic heterocycles. The Hall–Kier alpha value is -1.58. The largest absolute Gasteiger partial charge is 0.357 e. The second-order valence-electron chi connectivity index (χ2n) is 6.33. The van der Waals surface area contributed by atoms with Crippen molar-refractivity contribution in [2.45, 2.75) is 59.9 Å². The third-order valence-electron chi connectivity index (χ3n) is 3.69. The Bertz CT molecular complexity index is 454. The van der Waals surface area contributed by atoms with E-state index in [1.807, 2.05) is 12.4 Å². The first-order valence-electron chi connectivity index (χ1n) is 8.47. The highest BCUT2D eigenvalue weighted by atomic mass is 15.2. The lowest BCUT2D eigenvalue weighted by Gasteiger charge is -2.18. The molecule has 124 valence electrons. The van der Waals surface area contributed by atoms with Crippen molar-refractivity contribution in [1.82, 2.24) is 15.6 Å². The van der Waals surface area contributed by atoms with Gasteiger partial charge >= 0.3 is 0 Å². The minimum Gasteiger partial charge on any atom is -0.357 e. The highest BCUT2D eigenvalue weighted by molar-refractivity contribution is 5.80. The van der Waals surface area contributed by atoms with Crippen molar-refractivity contribution >= 4 is 5.96 Å². The van der Waals surface area contributed by atoms with Crippen LogP contribution in [0.1, 0.15) is 51.7 Å². The molecule has 1 atom stereocenters. The summed E-state index contributed by atoms with van der Waals surface area (Å²) < 4.78 is 0. The van der Waals surface area contributed by atoms with Crippen molar-refractivity contribution in [1.29, 1.82) is 0 Å². The first kappa shape index (κ1) is 18.5. The molecule has 0 aliphatic carbocycles. The summed E-state index contributed by atoms with van der Waals surface area (Å²) in [6.07, 6.45) is 7.13. The van der Waals surface area contributed by atoms with Crippen LogP contribution in [0, 0.1) is 12.8 Å². The normalized spacial score (nSPS) is 13.3. The number of aromatic nitrogens is 1. The van der Waals surface area contributed by atoms with E-state index in [9.17, 15) is 0 Å². The third kappa shape index (κ3) is 7.43. The maximum Gasteiger partial charge on any atom is 0.191 e. The molecule has 0 spiro atoms. The minimum absolute atomic E-state index is 0.447. The fourth-order valence-electron chi connectivity index (χ4n) is 2.28. The molecule has 1 unspecified atom stereocenters. The number of hydrogen-bond donors (Lipinski definition) is 2. The summed E-state index contributed by atoms with van der Waals surface area (Å²) in [4.78, 5) is 8.82. The second-order valence-corrected chi connectivity index (χ2v) is 6.33. The molecule has 1 heterocycles. The van der Waals surface area contributed by atoms with Gasteiger partial charge in [-0.25, -0.2) is 0 Å². The molecule has 0 aromatic carbocycles. The van der Waals surface area contributed by atoms with Crippen LogP contribution in [0.25, 0.3) is 0 Å². The van der Waals surface area contributed by atoms with E-state index in [2.05, 4.69) is 56.3 Å². The Balaban J connectivity index is 2.49. The molecule has 1 rings (SSSR count). The fraction of sp³-hybridized carbons (Fsp3) is 0.667. The van der Waals surface area contributed by atoms with E-state index >= 15 is 0 Å². The lowest BCUT2D eigenvalue weighted by Crippen LogP contribution is -2.42. The van der Waals surface area contributed by atoms with Crippen molar-refractivity contribution in [3.63, 3.8) is 0 Å². The second kappa shape index (κ2) is 10.2. The van der Waals surface area contributed by atoms with Gasteiger partial charge in [0.25, 0.3) is 0 Å². The maximum absolute atomic E-state index is 4.69. The summed E-state index contributed by atoms with van der Waals surface area (Å²) in [5.41, 5.74) is 2.56. The average Bonchev–Trinajstić information content (AvgIpc) is 2.47. The molecule has 2 N–H and O–H groups in total. The van der Waals surface area contributed by atoms with E-state index in [0.29, 0.717) is 6.04 Å². The summed E-state index contributed by atoms with van der Waals surface area (Å²) in [5.74, 6) is 1.67. The fourth-order valence-corrected chi connectivity index (χ4v) is 2.28. The molecule has 0 saturated carbocycles. The number of aliphatic imine (C=N–C) groups is 1. The van der Waals surface area contributed by atoms with Gasteiger partial charge in [-0.2, -0.15) is 0 Å². The zero-order valence-electron chi connectivity index (χ0n) is 14.8. The zero-order valence-corrected chi connectivity index (χ0v) is 14.8. The first-order chi connectivity index (χ1) is 10.5. The predicted octanol–water partition coefficient (Wildman–Crippen LogP) is 3.31. The molecule has 0 saturated heterocycles. The van der Waals surface area contributed by atoms with Crippen LogP contribution in [-0.2, 0) is 6.42 Å². The first-order valence-corrected chi connectivity index (χ1v) is 8.47. The molecule has 0 aliphatic rings. The lowest BCUT2D eigenvalue weighted by atomic mass is 10.0. The Morgan fingerprint density at radius 2 is 2.05 bits per heavy atom. The number of aryl methyl sites for hydroxylation is 1. The quantitative estimate of drug-likeness (QED) is 0.572. The Morgan fingerprint density at radius 1 is 1.27 bits per heavy atom. The highest BCUT2D eigenvalue weighted by Gasteiger charge is 2.06. The van der Waals surface area contributed by atoms with E-state index < -0.39 is 0 Å². The van der Waals surface area contributed by atoms with Gasteiger partial charge in [0.15, 0.2) is 5.96 Å². The summed E-state index contributed by atoms with van der Waals surface area (Å²) in [6.45, 7) is 12.6.